The van der Waals surface area contributed by atoms with E-state index >= 15 is 0 Å². The van der Waals surface area contributed by atoms with Gasteiger partial charge in [0.25, 0.3) is 0 Å². The average molecular weight is 319 g/mol. The van der Waals surface area contributed by atoms with Gasteiger partial charge in [-0.25, -0.2) is 4.98 Å². The van der Waals surface area contributed by atoms with E-state index < -0.39 is 0 Å². The van der Waals surface area contributed by atoms with Crippen LogP contribution in [0.2, 0.25) is 10.2 Å². The van der Waals surface area contributed by atoms with Gasteiger partial charge in [0.05, 0.1) is 12.2 Å². The van der Waals surface area contributed by atoms with Crippen molar-refractivity contribution in [1.82, 2.24) is 4.98 Å². The Bertz CT molecular complexity index is 756. The fraction of sp³-hybridized carbons (Fsp3) is 0.125. The molecule has 0 fully saturated rings. The molecule has 1 aromatic carbocycles. The van der Waals surface area contributed by atoms with Crippen molar-refractivity contribution < 1.29 is 4.79 Å². The lowest BCUT2D eigenvalue weighted by Gasteiger charge is -2.26. The summed E-state index contributed by atoms with van der Waals surface area (Å²) in [4.78, 5) is 17.8. The van der Waals surface area contributed by atoms with Gasteiger partial charge in [0, 0.05) is 18.1 Å². The summed E-state index contributed by atoms with van der Waals surface area (Å²) in [6, 6.07) is 7.28. The maximum Gasteiger partial charge on any atom is 0.224 e. The topological polar surface area (TPSA) is 33.2 Å². The zero-order chi connectivity index (χ0) is 15.0. The second kappa shape index (κ2) is 5.51. The maximum absolute atomic E-state index is 12.0. The molecular weight excluding hydrogens is 307 g/mol. The molecule has 0 bridgehead atoms. The first-order valence-corrected chi connectivity index (χ1v) is 7.20. The van der Waals surface area contributed by atoms with Crippen LogP contribution in [0.5, 0.6) is 0 Å². The molecule has 2 heterocycles. The number of rotatable bonds is 0. The standard InChI is InChI=1S/C16H12Cl2N2O/c1-10(21)20-9-13-7-16(18)19-8-12(13)3-2-11-6-14(17)4-5-15(11)20/h2-8H,9H2,1H3. The maximum atomic E-state index is 12.0. The van der Waals surface area contributed by atoms with E-state index in [0.29, 0.717) is 16.7 Å². The Hall–Kier alpha value is -1.84. The third-order valence-corrected chi connectivity index (χ3v) is 3.86. The van der Waals surface area contributed by atoms with E-state index in [-0.39, 0.29) is 5.91 Å². The van der Waals surface area contributed by atoms with E-state index in [4.69, 9.17) is 23.2 Å². The minimum atomic E-state index is -0.0345. The van der Waals surface area contributed by atoms with Crippen LogP contribution in [0.3, 0.4) is 0 Å². The minimum Gasteiger partial charge on any atom is -0.308 e. The number of nitrogens with zero attached hydrogens (tertiary/aromatic N) is 2. The summed E-state index contributed by atoms with van der Waals surface area (Å²) in [6.07, 6.45) is 5.61. The number of amides is 1. The summed E-state index contributed by atoms with van der Waals surface area (Å²) in [5, 5.41) is 1.06. The quantitative estimate of drug-likeness (QED) is 0.673. The van der Waals surface area contributed by atoms with Crippen LogP contribution in [-0.2, 0) is 11.3 Å². The molecule has 106 valence electrons. The van der Waals surface area contributed by atoms with Gasteiger partial charge in [0.2, 0.25) is 5.91 Å². The van der Waals surface area contributed by atoms with E-state index in [2.05, 4.69) is 4.98 Å². The van der Waals surface area contributed by atoms with Crippen molar-refractivity contribution in [3.63, 3.8) is 0 Å². The highest BCUT2D eigenvalue weighted by Gasteiger charge is 2.19. The van der Waals surface area contributed by atoms with Gasteiger partial charge in [-0.2, -0.15) is 0 Å². The third kappa shape index (κ3) is 2.80. The predicted molar refractivity (Wildman–Crippen MR) is 86.5 cm³/mol. The molecule has 1 amide bonds. The van der Waals surface area contributed by atoms with Gasteiger partial charge >= 0.3 is 0 Å². The molecule has 0 spiro atoms. The highest BCUT2D eigenvalue weighted by molar-refractivity contribution is 6.31. The smallest absolute Gasteiger partial charge is 0.224 e. The Labute approximate surface area is 132 Å². The van der Waals surface area contributed by atoms with Crippen LogP contribution in [0.1, 0.15) is 23.6 Å². The molecule has 21 heavy (non-hydrogen) atoms. The van der Waals surface area contributed by atoms with E-state index in [0.717, 1.165) is 22.4 Å². The van der Waals surface area contributed by atoms with Crippen LogP contribution in [0.15, 0.2) is 30.5 Å². The Balaban J connectivity index is 2.21. The van der Waals surface area contributed by atoms with Crippen LogP contribution >= 0.6 is 23.2 Å². The minimum absolute atomic E-state index is 0.0345. The number of anilines is 1. The molecule has 0 N–H and O–H groups in total. The van der Waals surface area contributed by atoms with E-state index in [1.807, 2.05) is 24.3 Å². The third-order valence-electron chi connectivity index (χ3n) is 3.42. The number of hydrogen-bond donors (Lipinski definition) is 0. The molecule has 0 radical (unpaired) electrons. The van der Waals surface area contributed by atoms with Gasteiger partial charge in [-0.05, 0) is 41.0 Å². The molecule has 0 saturated heterocycles. The van der Waals surface area contributed by atoms with Crippen LogP contribution < -0.4 is 4.90 Å². The molecule has 0 atom stereocenters. The van der Waals surface area contributed by atoms with Crippen molar-refractivity contribution in [3.05, 3.63) is 57.3 Å². The second-order valence-electron chi connectivity index (χ2n) is 4.85. The largest absolute Gasteiger partial charge is 0.308 e. The van der Waals surface area contributed by atoms with E-state index in [1.54, 1.807) is 30.2 Å². The summed E-state index contributed by atoms with van der Waals surface area (Å²) in [5.74, 6) is -0.0345. The van der Waals surface area contributed by atoms with Crippen molar-refractivity contribution in [3.8, 4) is 0 Å². The SMILES string of the molecule is CC(=O)N1Cc2cc(Cl)ncc2C=Cc2cc(Cl)ccc21. The Morgan fingerprint density at radius 1 is 1.19 bits per heavy atom. The molecule has 1 aromatic heterocycles. The lowest BCUT2D eigenvalue weighted by molar-refractivity contribution is -0.116. The van der Waals surface area contributed by atoms with Gasteiger partial charge in [-0.3, -0.25) is 4.79 Å². The van der Waals surface area contributed by atoms with Crippen molar-refractivity contribution in [2.45, 2.75) is 13.5 Å². The first-order valence-electron chi connectivity index (χ1n) is 6.45. The van der Waals surface area contributed by atoms with Gasteiger partial charge in [-0.1, -0.05) is 35.4 Å². The van der Waals surface area contributed by atoms with Crippen LogP contribution in [0, 0.1) is 0 Å². The van der Waals surface area contributed by atoms with Crippen LogP contribution in [0.25, 0.3) is 12.2 Å². The molecule has 0 aliphatic carbocycles. The molecule has 3 rings (SSSR count). The number of fused-ring (bicyclic) bond motifs is 2. The second-order valence-corrected chi connectivity index (χ2v) is 5.67. The zero-order valence-corrected chi connectivity index (χ0v) is 12.8. The van der Waals surface area contributed by atoms with Crippen molar-refractivity contribution in [1.29, 1.82) is 0 Å². The first-order chi connectivity index (χ1) is 10.0. The Morgan fingerprint density at radius 3 is 2.71 bits per heavy atom. The monoisotopic (exact) mass is 318 g/mol. The predicted octanol–water partition coefficient (Wildman–Crippen LogP) is 4.43. The first kappa shape index (κ1) is 14.1. The van der Waals surface area contributed by atoms with Crippen molar-refractivity contribution >= 4 is 46.9 Å². The summed E-state index contributed by atoms with van der Waals surface area (Å²) in [5.41, 5.74) is 3.64. The highest BCUT2D eigenvalue weighted by atomic mass is 35.5. The molecule has 1 aliphatic heterocycles. The Morgan fingerprint density at radius 2 is 1.95 bits per heavy atom. The number of aromatic nitrogens is 1. The summed E-state index contributed by atoms with van der Waals surface area (Å²) in [6.45, 7) is 2.00. The number of pyridine rings is 1. The average Bonchev–Trinajstić information content (AvgIpc) is 2.42. The molecule has 5 heteroatoms. The molecule has 2 aromatic rings. The number of carbonyl (C=O) groups is 1. The molecule has 0 unspecified atom stereocenters. The summed E-state index contributed by atoms with van der Waals surface area (Å²) < 4.78 is 0. The van der Waals surface area contributed by atoms with Crippen molar-refractivity contribution in [2.24, 2.45) is 0 Å². The molecular formula is C16H12Cl2N2O. The van der Waals surface area contributed by atoms with Crippen LogP contribution in [0.4, 0.5) is 5.69 Å². The number of halogens is 2. The summed E-state index contributed by atoms with van der Waals surface area (Å²) >= 11 is 12.0. The van der Waals surface area contributed by atoms with Gasteiger partial charge in [0.1, 0.15) is 5.15 Å². The molecule has 1 aliphatic rings. The fourth-order valence-electron chi connectivity index (χ4n) is 2.39. The number of carbonyl (C=O) groups excluding carboxylic acids is 1. The lowest BCUT2D eigenvalue weighted by atomic mass is 10.0. The van der Waals surface area contributed by atoms with Gasteiger partial charge in [-0.15, -0.1) is 0 Å². The van der Waals surface area contributed by atoms with Gasteiger partial charge in [0.15, 0.2) is 0 Å². The molecule has 0 saturated carbocycles. The summed E-state index contributed by atoms with van der Waals surface area (Å²) in [7, 11) is 0. The lowest BCUT2D eigenvalue weighted by Crippen LogP contribution is -2.29. The zero-order valence-electron chi connectivity index (χ0n) is 11.3. The van der Waals surface area contributed by atoms with Crippen LogP contribution in [-0.4, -0.2) is 10.9 Å². The number of benzene rings is 1. The highest BCUT2D eigenvalue weighted by Crippen LogP contribution is 2.31. The van der Waals surface area contributed by atoms with E-state index in [1.165, 1.54) is 0 Å². The Kier molecular flexibility index (Phi) is 3.70. The number of hydrogen-bond acceptors (Lipinski definition) is 2. The van der Waals surface area contributed by atoms with E-state index in [9.17, 15) is 4.79 Å². The normalized spacial score (nSPS) is 13.2. The van der Waals surface area contributed by atoms with Gasteiger partial charge < -0.3 is 4.90 Å². The molecule has 3 nitrogen and oxygen atoms in total. The fourth-order valence-corrected chi connectivity index (χ4v) is 2.75. The van der Waals surface area contributed by atoms with Crippen molar-refractivity contribution in [2.75, 3.05) is 4.90 Å².